The second-order valence-electron chi connectivity index (χ2n) is 5.92. The number of hydrogen-bond donors (Lipinski definition) is 2. The summed E-state index contributed by atoms with van der Waals surface area (Å²) < 4.78 is 29.5. The van der Waals surface area contributed by atoms with Crippen LogP contribution in [0.15, 0.2) is 49.5 Å². The van der Waals surface area contributed by atoms with Crippen LogP contribution in [-0.2, 0) is 10.0 Å². The molecular formula is C17H20N2O5S. The van der Waals surface area contributed by atoms with Crippen LogP contribution >= 0.6 is 0 Å². The van der Waals surface area contributed by atoms with E-state index in [1.807, 2.05) is 13.8 Å². The van der Waals surface area contributed by atoms with Crippen molar-refractivity contribution in [3.8, 4) is 5.75 Å². The highest BCUT2D eigenvalue weighted by molar-refractivity contribution is 7.89. The molecule has 1 heterocycles. The zero-order chi connectivity index (χ0) is 18.8. The predicted octanol–water partition coefficient (Wildman–Crippen LogP) is 2.48. The number of benzene rings is 1. The zero-order valence-corrected chi connectivity index (χ0v) is 15.2. The van der Waals surface area contributed by atoms with Crippen molar-refractivity contribution in [2.24, 2.45) is 5.10 Å². The summed E-state index contributed by atoms with van der Waals surface area (Å²) in [6.07, 6.45) is 0. The van der Waals surface area contributed by atoms with Crippen molar-refractivity contribution in [3.05, 3.63) is 57.6 Å². The van der Waals surface area contributed by atoms with E-state index in [1.165, 1.54) is 32.0 Å². The maximum Gasteiger partial charge on any atom is 0.348 e. The van der Waals surface area contributed by atoms with Crippen LogP contribution in [0, 0.1) is 6.92 Å². The first-order chi connectivity index (χ1) is 11.6. The summed E-state index contributed by atoms with van der Waals surface area (Å²) >= 11 is 0. The number of sulfonamides is 1. The second kappa shape index (κ2) is 7.10. The van der Waals surface area contributed by atoms with Crippen LogP contribution in [0.3, 0.4) is 0 Å². The van der Waals surface area contributed by atoms with E-state index in [2.05, 4.69) is 9.93 Å². The van der Waals surface area contributed by atoms with Gasteiger partial charge in [0.2, 0.25) is 0 Å². The summed E-state index contributed by atoms with van der Waals surface area (Å²) in [7, 11) is -3.89. The summed E-state index contributed by atoms with van der Waals surface area (Å²) in [4.78, 5) is 13.9. The molecule has 8 heteroatoms. The molecule has 2 N–H and O–H groups in total. The van der Waals surface area contributed by atoms with Crippen LogP contribution in [0.4, 0.5) is 0 Å². The maximum atomic E-state index is 12.3. The van der Waals surface area contributed by atoms with E-state index in [0.717, 1.165) is 5.56 Å². The first kappa shape index (κ1) is 18.7. The summed E-state index contributed by atoms with van der Waals surface area (Å²) in [6, 6.07) is 7.70. The highest BCUT2D eigenvalue weighted by Crippen LogP contribution is 2.18. The Morgan fingerprint density at radius 3 is 2.36 bits per heavy atom. The summed E-state index contributed by atoms with van der Waals surface area (Å²) in [5.74, 6) is 0.203. The first-order valence-electron chi connectivity index (χ1n) is 7.62. The topological polar surface area (TPSA) is 109 Å². The van der Waals surface area contributed by atoms with Crippen LogP contribution in [0.5, 0.6) is 5.75 Å². The molecule has 0 saturated heterocycles. The minimum Gasteiger partial charge on any atom is -0.507 e. The van der Waals surface area contributed by atoms with Crippen molar-refractivity contribution in [3.63, 3.8) is 0 Å². The third kappa shape index (κ3) is 4.27. The molecule has 0 aliphatic rings. The third-order valence-electron chi connectivity index (χ3n) is 3.61. The molecule has 0 unspecified atom stereocenters. The van der Waals surface area contributed by atoms with Crippen molar-refractivity contribution >= 4 is 15.7 Å². The number of hydrazone groups is 1. The lowest BCUT2D eigenvalue weighted by Gasteiger charge is -2.08. The summed E-state index contributed by atoms with van der Waals surface area (Å²) in [5, 5.41) is 13.6. The average molecular weight is 364 g/mol. The molecule has 7 nitrogen and oxygen atoms in total. The Bertz CT molecular complexity index is 958. The molecule has 0 amide bonds. The van der Waals surface area contributed by atoms with Gasteiger partial charge < -0.3 is 9.52 Å². The Kier molecular flexibility index (Phi) is 5.32. The quantitative estimate of drug-likeness (QED) is 0.626. The van der Waals surface area contributed by atoms with Gasteiger partial charge in [-0.05, 0) is 37.5 Å². The van der Waals surface area contributed by atoms with Crippen molar-refractivity contribution in [1.82, 2.24) is 4.83 Å². The molecule has 2 aromatic rings. The van der Waals surface area contributed by atoms with E-state index < -0.39 is 15.6 Å². The lowest BCUT2D eigenvalue weighted by Crippen LogP contribution is -2.22. The zero-order valence-electron chi connectivity index (χ0n) is 14.4. The normalized spacial score (nSPS) is 12.4. The molecule has 0 fully saturated rings. The number of nitrogens with zero attached hydrogens (tertiary/aromatic N) is 1. The van der Waals surface area contributed by atoms with Crippen LogP contribution in [0.25, 0.3) is 0 Å². The van der Waals surface area contributed by atoms with E-state index in [-0.39, 0.29) is 33.6 Å². The maximum absolute atomic E-state index is 12.3. The monoisotopic (exact) mass is 364 g/mol. The third-order valence-corrected chi connectivity index (χ3v) is 4.83. The van der Waals surface area contributed by atoms with Gasteiger partial charge in [0.1, 0.15) is 17.1 Å². The van der Waals surface area contributed by atoms with Gasteiger partial charge in [-0.1, -0.05) is 26.0 Å². The first-order valence-corrected chi connectivity index (χ1v) is 9.10. The molecule has 134 valence electrons. The van der Waals surface area contributed by atoms with Gasteiger partial charge in [0.05, 0.1) is 10.6 Å². The van der Waals surface area contributed by atoms with Gasteiger partial charge in [0.25, 0.3) is 10.0 Å². The van der Waals surface area contributed by atoms with Gasteiger partial charge in [0.15, 0.2) is 0 Å². The summed E-state index contributed by atoms with van der Waals surface area (Å²) in [6.45, 7) is 6.93. The fraction of sp³-hybridized carbons (Fsp3) is 0.294. The van der Waals surface area contributed by atoms with Gasteiger partial charge >= 0.3 is 5.63 Å². The number of nitrogens with one attached hydrogen (secondary N) is 1. The Labute approximate surface area is 146 Å². The Hall–Kier alpha value is -2.61. The van der Waals surface area contributed by atoms with E-state index in [4.69, 9.17) is 4.42 Å². The van der Waals surface area contributed by atoms with E-state index in [9.17, 15) is 18.3 Å². The van der Waals surface area contributed by atoms with Crippen molar-refractivity contribution in [2.45, 2.75) is 38.5 Å². The number of aryl methyl sites for hydroxylation is 1. The highest BCUT2D eigenvalue weighted by Gasteiger charge is 2.16. The highest BCUT2D eigenvalue weighted by atomic mass is 32.2. The molecule has 0 aliphatic heterocycles. The lowest BCUT2D eigenvalue weighted by atomic mass is 10.0. The van der Waals surface area contributed by atoms with Crippen molar-refractivity contribution < 1.29 is 17.9 Å². The smallest absolute Gasteiger partial charge is 0.348 e. The Morgan fingerprint density at radius 2 is 1.84 bits per heavy atom. The molecule has 0 saturated carbocycles. The molecular weight excluding hydrogens is 344 g/mol. The lowest BCUT2D eigenvalue weighted by molar-refractivity contribution is 0.432. The second-order valence-corrected chi connectivity index (χ2v) is 7.58. The van der Waals surface area contributed by atoms with Crippen molar-refractivity contribution in [1.29, 1.82) is 0 Å². The van der Waals surface area contributed by atoms with E-state index in [0.29, 0.717) is 0 Å². The molecule has 0 atom stereocenters. The molecule has 25 heavy (non-hydrogen) atoms. The van der Waals surface area contributed by atoms with Crippen LogP contribution in [0.1, 0.15) is 43.6 Å². The van der Waals surface area contributed by atoms with Gasteiger partial charge in [-0.25, -0.2) is 4.79 Å². The number of rotatable bonds is 5. The molecule has 1 aromatic carbocycles. The molecule has 0 bridgehead atoms. The Balaban J connectivity index is 2.29. The molecule has 0 spiro atoms. The van der Waals surface area contributed by atoms with Gasteiger partial charge in [0, 0.05) is 6.07 Å². The van der Waals surface area contributed by atoms with E-state index in [1.54, 1.807) is 12.1 Å². The molecule has 0 aliphatic carbocycles. The predicted molar refractivity (Wildman–Crippen MR) is 94.4 cm³/mol. The van der Waals surface area contributed by atoms with Crippen LogP contribution in [-0.4, -0.2) is 19.2 Å². The fourth-order valence-corrected chi connectivity index (χ4v) is 3.05. The van der Waals surface area contributed by atoms with Crippen LogP contribution < -0.4 is 10.5 Å². The Morgan fingerprint density at radius 1 is 1.24 bits per heavy atom. The SMILES string of the molecule is C/C(=N/NS(=O)(=O)c1ccc(C(C)C)cc1)c1c(O)cc(C)oc1=O. The van der Waals surface area contributed by atoms with Gasteiger partial charge in [-0.2, -0.15) is 18.4 Å². The number of aromatic hydroxyl groups is 1. The number of hydrogen-bond acceptors (Lipinski definition) is 6. The standard InChI is InChI=1S/C17H20N2O5S/c1-10(2)13-5-7-14(8-6-13)25(22,23)19-18-12(4)16-15(20)9-11(3)24-17(16)21/h5-10,19-20H,1-4H3/b18-12-. The molecule has 1 aromatic heterocycles. The molecule has 2 rings (SSSR count). The fourth-order valence-electron chi connectivity index (χ4n) is 2.20. The van der Waals surface area contributed by atoms with Crippen molar-refractivity contribution in [2.75, 3.05) is 0 Å². The van der Waals surface area contributed by atoms with Crippen LogP contribution in [0.2, 0.25) is 0 Å². The van der Waals surface area contributed by atoms with Gasteiger partial charge in [-0.3, -0.25) is 0 Å². The largest absolute Gasteiger partial charge is 0.507 e. The minimum atomic E-state index is -3.89. The molecule has 0 radical (unpaired) electrons. The van der Waals surface area contributed by atoms with E-state index >= 15 is 0 Å². The van der Waals surface area contributed by atoms with Gasteiger partial charge in [-0.15, -0.1) is 0 Å². The summed E-state index contributed by atoms with van der Waals surface area (Å²) in [5.41, 5.74) is 0.0251. The average Bonchev–Trinajstić information content (AvgIpc) is 2.52. The minimum absolute atomic E-state index is 0.00590.